The molecule has 0 heterocycles. The van der Waals surface area contributed by atoms with Crippen molar-refractivity contribution in [2.45, 2.75) is 37.7 Å². The number of allylic oxidation sites excluding steroid dienone is 1. The number of rotatable bonds is 4. The summed E-state index contributed by atoms with van der Waals surface area (Å²) in [7, 11) is 0. The molecular weight excluding hydrogens is 200 g/mol. The quantitative estimate of drug-likeness (QED) is 0.474. The van der Waals surface area contributed by atoms with Gasteiger partial charge in [-0.15, -0.1) is 6.58 Å². The van der Waals surface area contributed by atoms with Crippen molar-refractivity contribution in [3.05, 3.63) is 48.0 Å². The van der Waals surface area contributed by atoms with E-state index in [-0.39, 0.29) is 0 Å². The van der Waals surface area contributed by atoms with Gasteiger partial charge < -0.3 is 0 Å². The molecular formula is C14H18O2. The van der Waals surface area contributed by atoms with Crippen LogP contribution in [0.4, 0.5) is 0 Å². The van der Waals surface area contributed by atoms with Crippen LogP contribution in [0.2, 0.25) is 0 Å². The van der Waals surface area contributed by atoms with Gasteiger partial charge in [-0.3, -0.25) is 5.26 Å². The number of hydrogen-bond donors (Lipinski definition) is 1. The number of benzene rings is 1. The molecule has 1 aliphatic carbocycles. The van der Waals surface area contributed by atoms with E-state index in [2.05, 4.69) is 18.7 Å². The zero-order valence-electron chi connectivity index (χ0n) is 9.48. The monoisotopic (exact) mass is 218 g/mol. The average molecular weight is 218 g/mol. The van der Waals surface area contributed by atoms with E-state index >= 15 is 0 Å². The first-order chi connectivity index (χ1) is 7.82. The summed E-state index contributed by atoms with van der Waals surface area (Å²) in [5, 5.41) is 9.28. The lowest BCUT2D eigenvalue weighted by Crippen LogP contribution is -2.33. The molecule has 2 heteroatoms. The maximum atomic E-state index is 9.28. The predicted octanol–water partition coefficient (Wildman–Crippen LogP) is 3.67. The first-order valence-electron chi connectivity index (χ1n) is 5.84. The highest BCUT2D eigenvalue weighted by Crippen LogP contribution is 2.41. The second kappa shape index (κ2) is 4.81. The van der Waals surface area contributed by atoms with Crippen LogP contribution in [0.1, 0.15) is 36.8 Å². The number of fused-ring (bicyclic) bond motifs is 1. The second-order valence-corrected chi connectivity index (χ2v) is 4.42. The van der Waals surface area contributed by atoms with E-state index in [9.17, 15) is 5.26 Å². The van der Waals surface area contributed by atoms with Gasteiger partial charge in [-0.25, -0.2) is 4.89 Å². The largest absolute Gasteiger partial charge is 0.251 e. The Morgan fingerprint density at radius 3 is 3.00 bits per heavy atom. The number of hydrogen-bond acceptors (Lipinski definition) is 2. The van der Waals surface area contributed by atoms with Gasteiger partial charge in [0, 0.05) is 0 Å². The van der Waals surface area contributed by atoms with Gasteiger partial charge in [0.2, 0.25) is 0 Å². The Morgan fingerprint density at radius 1 is 1.44 bits per heavy atom. The minimum atomic E-state index is -0.511. The summed E-state index contributed by atoms with van der Waals surface area (Å²) in [6, 6.07) is 8.23. The van der Waals surface area contributed by atoms with E-state index in [1.807, 2.05) is 18.2 Å². The molecule has 0 aliphatic heterocycles. The minimum Gasteiger partial charge on any atom is -0.251 e. The van der Waals surface area contributed by atoms with E-state index in [1.165, 1.54) is 5.56 Å². The van der Waals surface area contributed by atoms with Crippen LogP contribution in [0.3, 0.4) is 0 Å². The van der Waals surface area contributed by atoms with Crippen LogP contribution in [0.5, 0.6) is 0 Å². The van der Waals surface area contributed by atoms with Crippen LogP contribution >= 0.6 is 0 Å². The Kier molecular flexibility index (Phi) is 3.42. The molecule has 2 rings (SSSR count). The maximum Gasteiger partial charge on any atom is 0.129 e. The third-order valence-corrected chi connectivity index (χ3v) is 3.46. The maximum absolute atomic E-state index is 9.28. The molecule has 0 saturated heterocycles. The zero-order chi connectivity index (χ0) is 11.4. The van der Waals surface area contributed by atoms with E-state index in [1.54, 1.807) is 0 Å². The minimum absolute atomic E-state index is 0.511. The van der Waals surface area contributed by atoms with Crippen molar-refractivity contribution < 1.29 is 10.1 Å². The lowest BCUT2D eigenvalue weighted by Gasteiger charge is -2.36. The molecule has 0 radical (unpaired) electrons. The Balaban J connectivity index is 2.36. The first-order valence-corrected chi connectivity index (χ1v) is 5.84. The van der Waals surface area contributed by atoms with Gasteiger partial charge in [-0.05, 0) is 43.2 Å². The van der Waals surface area contributed by atoms with Crippen molar-refractivity contribution in [1.82, 2.24) is 0 Å². The highest BCUT2D eigenvalue weighted by Gasteiger charge is 2.37. The van der Waals surface area contributed by atoms with Crippen molar-refractivity contribution >= 4 is 0 Å². The topological polar surface area (TPSA) is 29.5 Å². The Labute approximate surface area is 96.5 Å². The smallest absolute Gasteiger partial charge is 0.129 e. The predicted molar refractivity (Wildman–Crippen MR) is 64.2 cm³/mol. The summed E-state index contributed by atoms with van der Waals surface area (Å²) in [6.07, 6.45) is 6.55. The van der Waals surface area contributed by atoms with Crippen LogP contribution < -0.4 is 0 Å². The highest BCUT2D eigenvalue weighted by atomic mass is 17.1. The lowest BCUT2D eigenvalue weighted by molar-refractivity contribution is -0.335. The molecule has 0 saturated carbocycles. The van der Waals surface area contributed by atoms with Crippen LogP contribution in [0.15, 0.2) is 36.9 Å². The summed E-state index contributed by atoms with van der Waals surface area (Å²) in [5.41, 5.74) is 1.93. The molecule has 0 bridgehead atoms. The molecule has 16 heavy (non-hydrogen) atoms. The van der Waals surface area contributed by atoms with Crippen LogP contribution in [-0.4, -0.2) is 5.26 Å². The van der Waals surface area contributed by atoms with Crippen molar-refractivity contribution in [2.75, 3.05) is 0 Å². The fraction of sp³-hybridized carbons (Fsp3) is 0.429. The molecule has 1 aromatic rings. The third-order valence-electron chi connectivity index (χ3n) is 3.46. The van der Waals surface area contributed by atoms with Gasteiger partial charge in [-0.2, -0.15) is 0 Å². The van der Waals surface area contributed by atoms with Gasteiger partial charge in [-0.1, -0.05) is 30.3 Å². The van der Waals surface area contributed by atoms with Crippen LogP contribution in [0, 0.1) is 0 Å². The standard InChI is InChI=1S/C14H18O2/c1-2-3-10-14(16-15)11-6-8-12-7-4-5-9-13(12)14/h2,4-5,7,9,15H,1,3,6,8,10-11H2. The molecule has 1 N–H and O–H groups in total. The summed E-state index contributed by atoms with van der Waals surface area (Å²) in [6.45, 7) is 3.73. The van der Waals surface area contributed by atoms with E-state index in [0.717, 1.165) is 37.7 Å². The average Bonchev–Trinajstić information content (AvgIpc) is 2.36. The second-order valence-electron chi connectivity index (χ2n) is 4.42. The lowest BCUT2D eigenvalue weighted by atomic mass is 9.76. The SMILES string of the molecule is C=CCCC1(OO)CCCc2ccccc21. The molecule has 2 nitrogen and oxygen atoms in total. The molecule has 1 aliphatic rings. The van der Waals surface area contributed by atoms with Gasteiger partial charge >= 0.3 is 0 Å². The summed E-state index contributed by atoms with van der Waals surface area (Å²) in [5.74, 6) is 0. The van der Waals surface area contributed by atoms with E-state index < -0.39 is 5.60 Å². The highest BCUT2D eigenvalue weighted by molar-refractivity contribution is 5.34. The van der Waals surface area contributed by atoms with Gasteiger partial charge in [0.05, 0.1) is 0 Å². The fourth-order valence-corrected chi connectivity index (χ4v) is 2.62. The normalized spacial score (nSPS) is 23.8. The van der Waals surface area contributed by atoms with Crippen molar-refractivity contribution in [2.24, 2.45) is 0 Å². The molecule has 0 spiro atoms. The van der Waals surface area contributed by atoms with Crippen molar-refractivity contribution in [3.8, 4) is 0 Å². The molecule has 0 amide bonds. The molecule has 1 unspecified atom stereocenters. The zero-order valence-corrected chi connectivity index (χ0v) is 9.48. The Morgan fingerprint density at radius 2 is 2.25 bits per heavy atom. The molecule has 0 fully saturated rings. The Hall–Kier alpha value is -1.12. The molecule has 86 valence electrons. The van der Waals surface area contributed by atoms with Crippen molar-refractivity contribution in [1.29, 1.82) is 0 Å². The van der Waals surface area contributed by atoms with Gasteiger partial charge in [0.25, 0.3) is 0 Å². The molecule has 0 aromatic heterocycles. The molecule has 1 atom stereocenters. The molecule has 1 aromatic carbocycles. The van der Waals surface area contributed by atoms with Crippen molar-refractivity contribution in [3.63, 3.8) is 0 Å². The summed E-state index contributed by atoms with van der Waals surface area (Å²) in [4.78, 5) is 4.86. The van der Waals surface area contributed by atoms with Crippen LogP contribution in [-0.2, 0) is 16.9 Å². The third kappa shape index (κ3) is 1.91. The fourth-order valence-electron chi connectivity index (χ4n) is 2.62. The number of aryl methyl sites for hydroxylation is 1. The van der Waals surface area contributed by atoms with E-state index in [4.69, 9.17) is 4.89 Å². The van der Waals surface area contributed by atoms with Crippen LogP contribution in [0.25, 0.3) is 0 Å². The first kappa shape index (κ1) is 11.4. The Bertz CT molecular complexity index is 373. The summed E-state index contributed by atoms with van der Waals surface area (Å²) < 4.78 is 0. The van der Waals surface area contributed by atoms with E-state index in [0.29, 0.717) is 0 Å². The summed E-state index contributed by atoms with van der Waals surface area (Å²) >= 11 is 0. The van der Waals surface area contributed by atoms with Gasteiger partial charge in [0.1, 0.15) is 5.60 Å². The van der Waals surface area contributed by atoms with Gasteiger partial charge in [0.15, 0.2) is 0 Å².